The molecular formula is C28H38N2O5. The van der Waals surface area contributed by atoms with Crippen molar-refractivity contribution < 1.29 is 24.2 Å². The van der Waals surface area contributed by atoms with Gasteiger partial charge in [0.1, 0.15) is 12.4 Å². The predicted octanol–water partition coefficient (Wildman–Crippen LogP) is 4.89. The van der Waals surface area contributed by atoms with E-state index in [1.54, 1.807) is 6.92 Å². The monoisotopic (exact) mass is 482 g/mol. The summed E-state index contributed by atoms with van der Waals surface area (Å²) in [5.41, 5.74) is 1.94. The molecule has 7 heteroatoms. The third-order valence-corrected chi connectivity index (χ3v) is 6.47. The molecular weight excluding hydrogens is 444 g/mol. The highest BCUT2D eigenvalue weighted by Crippen LogP contribution is 2.27. The summed E-state index contributed by atoms with van der Waals surface area (Å²) in [7, 11) is 0. The van der Waals surface area contributed by atoms with Crippen LogP contribution in [0.5, 0.6) is 5.75 Å². The summed E-state index contributed by atoms with van der Waals surface area (Å²) in [6.07, 6.45) is 5.58. The average Bonchev–Trinajstić information content (AvgIpc) is 3.39. The van der Waals surface area contributed by atoms with Crippen LogP contribution in [0.15, 0.2) is 54.6 Å². The SMILES string of the molecule is CCOC(Cc1ccc(OCCN(CCC2CCCC2)C(=O)NCc2ccccc2)cc1)C(=O)O. The lowest BCUT2D eigenvalue weighted by molar-refractivity contribution is -0.149. The van der Waals surface area contributed by atoms with E-state index in [1.807, 2.05) is 59.5 Å². The van der Waals surface area contributed by atoms with E-state index >= 15 is 0 Å². The van der Waals surface area contributed by atoms with Gasteiger partial charge in [0, 0.05) is 26.1 Å². The number of carboxylic acids is 1. The summed E-state index contributed by atoms with van der Waals surface area (Å²) in [4.78, 5) is 26.1. The second kappa shape index (κ2) is 14.4. The first kappa shape index (κ1) is 26.5. The maximum absolute atomic E-state index is 12.9. The largest absolute Gasteiger partial charge is 0.492 e. The van der Waals surface area contributed by atoms with E-state index in [9.17, 15) is 14.7 Å². The van der Waals surface area contributed by atoms with Gasteiger partial charge in [0.05, 0.1) is 6.54 Å². The molecule has 0 saturated heterocycles. The zero-order valence-electron chi connectivity index (χ0n) is 20.7. The summed E-state index contributed by atoms with van der Waals surface area (Å²) in [5.74, 6) is 0.437. The number of ether oxygens (including phenoxy) is 2. The Kier molecular flexibility index (Phi) is 10.9. The standard InChI is InChI=1S/C28H38N2O5/c1-2-34-26(27(31)32)20-23-12-14-25(15-13-23)35-19-18-30(17-16-22-8-6-7-9-22)28(33)29-21-24-10-4-3-5-11-24/h3-5,10-15,22,26H,2,6-9,16-21H2,1H3,(H,29,33)(H,31,32). The summed E-state index contributed by atoms with van der Waals surface area (Å²) >= 11 is 0. The minimum atomic E-state index is -0.963. The summed E-state index contributed by atoms with van der Waals surface area (Å²) in [6, 6.07) is 17.2. The van der Waals surface area contributed by atoms with Crippen molar-refractivity contribution in [3.05, 3.63) is 65.7 Å². The Labute approximate surface area is 208 Å². The number of carbonyl (C=O) groups excluding carboxylic acids is 1. The number of benzene rings is 2. The minimum Gasteiger partial charge on any atom is -0.492 e. The molecule has 2 N–H and O–H groups in total. The Morgan fingerprint density at radius 1 is 1.03 bits per heavy atom. The number of carbonyl (C=O) groups is 2. The molecule has 0 aromatic heterocycles. The van der Waals surface area contributed by atoms with Gasteiger partial charge in [0.2, 0.25) is 0 Å². The number of nitrogens with one attached hydrogen (secondary N) is 1. The van der Waals surface area contributed by atoms with Gasteiger partial charge in [-0.05, 0) is 42.5 Å². The molecule has 0 bridgehead atoms. The normalized spacial score (nSPS) is 14.4. The van der Waals surface area contributed by atoms with E-state index in [4.69, 9.17) is 9.47 Å². The van der Waals surface area contributed by atoms with Crippen LogP contribution in [-0.4, -0.2) is 54.4 Å². The van der Waals surface area contributed by atoms with E-state index in [1.165, 1.54) is 25.7 Å². The van der Waals surface area contributed by atoms with Crippen LogP contribution in [0.25, 0.3) is 0 Å². The van der Waals surface area contributed by atoms with Crippen molar-refractivity contribution in [2.24, 2.45) is 5.92 Å². The molecule has 1 saturated carbocycles. The number of aliphatic carboxylic acids is 1. The molecule has 3 rings (SSSR count). The molecule has 1 fully saturated rings. The van der Waals surface area contributed by atoms with Crippen LogP contribution >= 0.6 is 0 Å². The molecule has 1 atom stereocenters. The van der Waals surface area contributed by atoms with Gasteiger partial charge in [0.25, 0.3) is 0 Å². The first-order valence-corrected chi connectivity index (χ1v) is 12.7. The molecule has 7 nitrogen and oxygen atoms in total. The van der Waals surface area contributed by atoms with Gasteiger partial charge in [-0.1, -0.05) is 68.1 Å². The quantitative estimate of drug-likeness (QED) is 0.400. The van der Waals surface area contributed by atoms with Crippen molar-refractivity contribution >= 4 is 12.0 Å². The maximum atomic E-state index is 12.9. The highest BCUT2D eigenvalue weighted by atomic mass is 16.5. The molecule has 1 unspecified atom stereocenters. The van der Waals surface area contributed by atoms with Crippen molar-refractivity contribution in [2.75, 3.05) is 26.3 Å². The van der Waals surface area contributed by atoms with Gasteiger partial charge in [-0.25, -0.2) is 9.59 Å². The Hall–Kier alpha value is -3.06. The molecule has 0 aliphatic heterocycles. The second-order valence-corrected chi connectivity index (χ2v) is 9.05. The van der Waals surface area contributed by atoms with Crippen molar-refractivity contribution in [3.8, 4) is 5.75 Å². The Balaban J connectivity index is 1.49. The van der Waals surface area contributed by atoms with Crippen molar-refractivity contribution in [2.45, 2.75) is 58.1 Å². The number of nitrogens with zero attached hydrogens (tertiary/aromatic N) is 1. The average molecular weight is 483 g/mol. The molecule has 1 aliphatic rings. The Morgan fingerprint density at radius 3 is 2.40 bits per heavy atom. The molecule has 0 spiro atoms. The fourth-order valence-corrected chi connectivity index (χ4v) is 4.47. The molecule has 2 aromatic rings. The minimum absolute atomic E-state index is 0.0681. The number of urea groups is 1. The number of carboxylic acid groups (broad SMARTS) is 1. The van der Waals surface area contributed by atoms with E-state index in [0.717, 1.165) is 24.1 Å². The summed E-state index contributed by atoms with van der Waals surface area (Å²) in [5, 5.41) is 12.3. The fourth-order valence-electron chi connectivity index (χ4n) is 4.47. The first-order valence-electron chi connectivity index (χ1n) is 12.7. The number of rotatable bonds is 14. The predicted molar refractivity (Wildman–Crippen MR) is 136 cm³/mol. The third kappa shape index (κ3) is 9.25. The Morgan fingerprint density at radius 2 is 1.74 bits per heavy atom. The zero-order chi connectivity index (χ0) is 24.9. The van der Waals surface area contributed by atoms with E-state index in [2.05, 4.69) is 5.32 Å². The highest BCUT2D eigenvalue weighted by Gasteiger charge is 2.20. The van der Waals surface area contributed by atoms with Gasteiger partial charge >= 0.3 is 12.0 Å². The maximum Gasteiger partial charge on any atom is 0.333 e. The molecule has 1 aliphatic carbocycles. The van der Waals surface area contributed by atoms with Crippen LogP contribution in [0.3, 0.4) is 0 Å². The van der Waals surface area contributed by atoms with E-state index in [-0.39, 0.29) is 6.03 Å². The number of hydrogen-bond acceptors (Lipinski definition) is 4. The first-order chi connectivity index (χ1) is 17.0. The lowest BCUT2D eigenvalue weighted by Gasteiger charge is -2.25. The van der Waals surface area contributed by atoms with Crippen LogP contribution in [0.1, 0.15) is 50.2 Å². The molecule has 0 heterocycles. The number of amides is 2. The van der Waals surface area contributed by atoms with E-state index in [0.29, 0.717) is 44.4 Å². The van der Waals surface area contributed by atoms with Gasteiger partial charge in [-0.15, -0.1) is 0 Å². The third-order valence-electron chi connectivity index (χ3n) is 6.47. The Bertz CT molecular complexity index is 897. The van der Waals surface area contributed by atoms with Gasteiger partial charge < -0.3 is 24.8 Å². The van der Waals surface area contributed by atoms with Crippen molar-refractivity contribution in [3.63, 3.8) is 0 Å². The van der Waals surface area contributed by atoms with Crippen LogP contribution in [0.4, 0.5) is 4.79 Å². The summed E-state index contributed by atoms with van der Waals surface area (Å²) in [6.45, 7) is 4.25. The number of hydrogen-bond donors (Lipinski definition) is 2. The van der Waals surface area contributed by atoms with Crippen LogP contribution in [0.2, 0.25) is 0 Å². The lowest BCUT2D eigenvalue weighted by atomic mass is 10.0. The van der Waals surface area contributed by atoms with Crippen molar-refractivity contribution in [1.29, 1.82) is 0 Å². The van der Waals surface area contributed by atoms with Crippen LogP contribution in [0, 0.1) is 5.92 Å². The smallest absolute Gasteiger partial charge is 0.333 e. The van der Waals surface area contributed by atoms with Crippen LogP contribution in [-0.2, 0) is 22.5 Å². The van der Waals surface area contributed by atoms with E-state index < -0.39 is 12.1 Å². The molecule has 2 aromatic carbocycles. The van der Waals surface area contributed by atoms with Gasteiger partial charge in [0.15, 0.2) is 6.10 Å². The second-order valence-electron chi connectivity index (χ2n) is 9.05. The zero-order valence-corrected chi connectivity index (χ0v) is 20.7. The highest BCUT2D eigenvalue weighted by molar-refractivity contribution is 5.74. The van der Waals surface area contributed by atoms with Crippen molar-refractivity contribution in [1.82, 2.24) is 10.2 Å². The topological polar surface area (TPSA) is 88.1 Å². The molecule has 190 valence electrons. The molecule has 35 heavy (non-hydrogen) atoms. The van der Waals surface area contributed by atoms with Crippen LogP contribution < -0.4 is 10.1 Å². The van der Waals surface area contributed by atoms with Gasteiger partial charge in [-0.2, -0.15) is 0 Å². The van der Waals surface area contributed by atoms with Gasteiger partial charge in [-0.3, -0.25) is 0 Å². The molecule has 0 radical (unpaired) electrons. The lowest BCUT2D eigenvalue weighted by Crippen LogP contribution is -2.42. The molecule has 2 amide bonds. The fraction of sp³-hybridized carbons (Fsp3) is 0.500. The summed E-state index contributed by atoms with van der Waals surface area (Å²) < 4.78 is 11.2.